The summed E-state index contributed by atoms with van der Waals surface area (Å²) in [5, 5.41) is 2.81. The highest BCUT2D eigenvalue weighted by Crippen LogP contribution is 2.00. The summed E-state index contributed by atoms with van der Waals surface area (Å²) in [4.78, 5) is 13.0. The molecular weight excluding hydrogens is 156 g/mol. The summed E-state index contributed by atoms with van der Waals surface area (Å²) >= 11 is 0. The van der Waals surface area contributed by atoms with E-state index in [0.29, 0.717) is 6.73 Å². The topological polar surface area (TPSA) is 41.6 Å². The second-order valence-electron chi connectivity index (χ2n) is 2.89. The Hall–Kier alpha value is -0.770. The van der Waals surface area contributed by atoms with E-state index in [1.165, 1.54) is 0 Å². The first kappa shape index (κ1) is 9.32. The van der Waals surface area contributed by atoms with Crippen molar-refractivity contribution in [3.8, 4) is 0 Å². The number of urea groups is 1. The number of ether oxygens (including phenoxy) is 1. The molecule has 1 fully saturated rings. The summed E-state index contributed by atoms with van der Waals surface area (Å²) in [5.41, 5.74) is 0. The number of hydrogen-bond acceptors (Lipinski definition) is 2. The first-order valence-corrected chi connectivity index (χ1v) is 4.45. The molecule has 0 aromatic heterocycles. The summed E-state index contributed by atoms with van der Waals surface area (Å²) in [6, 6.07) is -0.00319. The van der Waals surface area contributed by atoms with Gasteiger partial charge in [-0.25, -0.2) is 4.79 Å². The second-order valence-corrected chi connectivity index (χ2v) is 2.89. The molecule has 0 radical (unpaired) electrons. The monoisotopic (exact) mass is 172 g/mol. The smallest absolute Gasteiger partial charge is 0.319 e. The van der Waals surface area contributed by atoms with Crippen LogP contribution in [0.25, 0.3) is 0 Å². The van der Waals surface area contributed by atoms with Crippen LogP contribution in [0.5, 0.6) is 0 Å². The molecule has 0 unspecified atom stereocenters. The molecule has 1 N–H and O–H groups in total. The van der Waals surface area contributed by atoms with Crippen LogP contribution in [0.15, 0.2) is 0 Å². The third kappa shape index (κ3) is 2.70. The van der Waals surface area contributed by atoms with E-state index in [4.69, 9.17) is 4.74 Å². The van der Waals surface area contributed by atoms with Crippen LogP contribution >= 0.6 is 0 Å². The van der Waals surface area contributed by atoms with Crippen molar-refractivity contribution in [1.29, 1.82) is 0 Å². The van der Waals surface area contributed by atoms with Crippen molar-refractivity contribution in [2.45, 2.75) is 19.8 Å². The number of carbonyl (C=O) groups is 1. The van der Waals surface area contributed by atoms with Gasteiger partial charge >= 0.3 is 6.03 Å². The molecule has 2 amide bonds. The van der Waals surface area contributed by atoms with Crippen LogP contribution in [0.3, 0.4) is 0 Å². The molecular formula is C8H16N2O2. The van der Waals surface area contributed by atoms with Crippen molar-refractivity contribution >= 4 is 6.03 Å². The molecule has 70 valence electrons. The molecule has 4 heteroatoms. The van der Waals surface area contributed by atoms with Crippen LogP contribution < -0.4 is 5.32 Å². The molecule has 12 heavy (non-hydrogen) atoms. The highest BCUT2D eigenvalue weighted by Gasteiger charge is 2.15. The van der Waals surface area contributed by atoms with Crippen molar-refractivity contribution in [2.75, 3.05) is 26.4 Å². The van der Waals surface area contributed by atoms with Crippen LogP contribution in [0.4, 0.5) is 4.79 Å². The quantitative estimate of drug-likeness (QED) is 0.669. The minimum atomic E-state index is -0.00319. The molecule has 0 bridgehead atoms. The predicted molar refractivity (Wildman–Crippen MR) is 45.8 cm³/mol. The molecule has 0 aromatic rings. The molecule has 4 nitrogen and oxygen atoms in total. The Kier molecular flexibility index (Phi) is 3.87. The molecule has 0 saturated carbocycles. The maximum absolute atomic E-state index is 11.3. The SMILES string of the molecule is CCCNC(=O)N1CCCOC1. The molecule has 0 aliphatic carbocycles. The lowest BCUT2D eigenvalue weighted by Crippen LogP contribution is -2.44. The summed E-state index contributed by atoms with van der Waals surface area (Å²) in [7, 11) is 0. The Bertz CT molecular complexity index is 144. The zero-order valence-corrected chi connectivity index (χ0v) is 7.51. The van der Waals surface area contributed by atoms with Crippen molar-refractivity contribution < 1.29 is 9.53 Å². The Morgan fingerprint density at radius 1 is 1.67 bits per heavy atom. The Labute approximate surface area is 72.9 Å². The average molecular weight is 172 g/mol. The standard InChI is InChI=1S/C8H16N2O2/c1-2-4-9-8(11)10-5-3-6-12-7-10/h2-7H2,1H3,(H,9,11). The Morgan fingerprint density at radius 2 is 2.50 bits per heavy atom. The Morgan fingerprint density at radius 3 is 3.08 bits per heavy atom. The van der Waals surface area contributed by atoms with E-state index >= 15 is 0 Å². The van der Waals surface area contributed by atoms with Gasteiger partial charge < -0.3 is 15.0 Å². The fraction of sp³-hybridized carbons (Fsp3) is 0.875. The van der Waals surface area contributed by atoms with Gasteiger partial charge in [0.15, 0.2) is 0 Å². The fourth-order valence-electron chi connectivity index (χ4n) is 1.10. The van der Waals surface area contributed by atoms with Gasteiger partial charge in [0.05, 0.1) is 6.61 Å². The van der Waals surface area contributed by atoms with E-state index in [-0.39, 0.29) is 6.03 Å². The normalized spacial score (nSPS) is 17.6. The molecule has 0 spiro atoms. The molecule has 1 heterocycles. The molecule has 1 saturated heterocycles. The third-order valence-corrected chi connectivity index (χ3v) is 1.78. The first-order valence-electron chi connectivity index (χ1n) is 4.45. The minimum Gasteiger partial charge on any atom is -0.361 e. The lowest BCUT2D eigenvalue weighted by Gasteiger charge is -2.26. The minimum absolute atomic E-state index is 0.00319. The van der Waals surface area contributed by atoms with Gasteiger partial charge in [0, 0.05) is 13.1 Å². The molecule has 1 aliphatic rings. The van der Waals surface area contributed by atoms with E-state index < -0.39 is 0 Å². The van der Waals surface area contributed by atoms with Gasteiger partial charge in [-0.1, -0.05) is 6.92 Å². The van der Waals surface area contributed by atoms with E-state index in [1.54, 1.807) is 4.90 Å². The number of nitrogens with zero attached hydrogens (tertiary/aromatic N) is 1. The summed E-state index contributed by atoms with van der Waals surface area (Å²) < 4.78 is 5.15. The number of amides is 2. The van der Waals surface area contributed by atoms with Gasteiger partial charge in [-0.3, -0.25) is 0 Å². The van der Waals surface area contributed by atoms with E-state index in [2.05, 4.69) is 5.32 Å². The Balaban J connectivity index is 2.20. The summed E-state index contributed by atoms with van der Waals surface area (Å²) in [5.74, 6) is 0. The number of rotatable bonds is 2. The number of carbonyl (C=O) groups excluding carboxylic acids is 1. The van der Waals surface area contributed by atoms with Crippen LogP contribution in [0.2, 0.25) is 0 Å². The fourth-order valence-corrected chi connectivity index (χ4v) is 1.10. The molecule has 1 aliphatic heterocycles. The van der Waals surface area contributed by atoms with Crippen molar-refractivity contribution in [3.05, 3.63) is 0 Å². The van der Waals surface area contributed by atoms with E-state index in [1.807, 2.05) is 6.92 Å². The lowest BCUT2D eigenvalue weighted by molar-refractivity contribution is 0.00886. The van der Waals surface area contributed by atoms with Crippen LogP contribution in [-0.4, -0.2) is 37.4 Å². The van der Waals surface area contributed by atoms with E-state index in [9.17, 15) is 4.79 Å². The van der Waals surface area contributed by atoms with Gasteiger partial charge in [0.2, 0.25) is 0 Å². The van der Waals surface area contributed by atoms with Crippen LogP contribution in [-0.2, 0) is 4.74 Å². The molecule has 0 atom stereocenters. The lowest BCUT2D eigenvalue weighted by atomic mass is 10.4. The van der Waals surface area contributed by atoms with Crippen LogP contribution in [0, 0.1) is 0 Å². The zero-order chi connectivity index (χ0) is 8.81. The van der Waals surface area contributed by atoms with Gasteiger partial charge in [-0.2, -0.15) is 0 Å². The van der Waals surface area contributed by atoms with Crippen LogP contribution in [0.1, 0.15) is 19.8 Å². The highest BCUT2D eigenvalue weighted by atomic mass is 16.5. The van der Waals surface area contributed by atoms with Gasteiger partial charge in [-0.05, 0) is 12.8 Å². The highest BCUT2D eigenvalue weighted by molar-refractivity contribution is 5.73. The third-order valence-electron chi connectivity index (χ3n) is 1.78. The summed E-state index contributed by atoms with van der Waals surface area (Å²) in [6.45, 7) is 4.81. The zero-order valence-electron chi connectivity index (χ0n) is 7.51. The van der Waals surface area contributed by atoms with E-state index in [0.717, 1.165) is 32.5 Å². The average Bonchev–Trinajstić information content (AvgIpc) is 2.15. The van der Waals surface area contributed by atoms with Gasteiger partial charge in [0.25, 0.3) is 0 Å². The van der Waals surface area contributed by atoms with Crippen molar-refractivity contribution in [2.24, 2.45) is 0 Å². The second kappa shape index (κ2) is 4.98. The number of nitrogens with one attached hydrogen (secondary N) is 1. The molecule has 1 rings (SSSR count). The van der Waals surface area contributed by atoms with Crippen molar-refractivity contribution in [1.82, 2.24) is 10.2 Å². The maximum atomic E-state index is 11.3. The largest absolute Gasteiger partial charge is 0.361 e. The molecule has 0 aromatic carbocycles. The maximum Gasteiger partial charge on any atom is 0.319 e. The van der Waals surface area contributed by atoms with Gasteiger partial charge in [0.1, 0.15) is 6.73 Å². The summed E-state index contributed by atoms with van der Waals surface area (Å²) in [6.07, 6.45) is 1.92. The predicted octanol–water partition coefficient (Wildman–Crippen LogP) is 0.786. The first-order chi connectivity index (χ1) is 5.84. The van der Waals surface area contributed by atoms with Gasteiger partial charge in [-0.15, -0.1) is 0 Å². The van der Waals surface area contributed by atoms with Crippen molar-refractivity contribution in [3.63, 3.8) is 0 Å². The number of hydrogen-bond donors (Lipinski definition) is 1.